The molecule has 6 rings (SSSR count). The molecule has 0 unspecified atom stereocenters. The standard InChI is InChI=1S/C37H46N2O5/c1-24(2)31-21-32-37(36(42)43-3,34(44-31)27-16-17-27)22-29(35(41)39(32)19-18-25-10-5-4-6-11-25)20-33(40)38-23-28-14-9-13-26-12-7-8-15-30(26)28/h7-10,12-15,21,24,27,29,31,34H,4-6,11,16-20,22-23H2,1-3H3,(H,38,40)/t29-,31+,34+,37+/m0/s1. The van der Waals surface area contributed by atoms with Crippen molar-refractivity contribution < 1.29 is 23.9 Å². The van der Waals surface area contributed by atoms with Crippen LogP contribution in [0, 0.1) is 23.2 Å². The maximum Gasteiger partial charge on any atom is 0.320 e. The predicted molar refractivity (Wildman–Crippen MR) is 170 cm³/mol. The fourth-order valence-electron chi connectivity index (χ4n) is 7.60. The molecule has 2 fully saturated rings. The second-order valence-corrected chi connectivity index (χ2v) is 13.5. The zero-order valence-electron chi connectivity index (χ0n) is 26.3. The van der Waals surface area contributed by atoms with Gasteiger partial charge >= 0.3 is 5.97 Å². The molecule has 4 aliphatic rings. The Kier molecular flexibility index (Phi) is 8.95. The summed E-state index contributed by atoms with van der Waals surface area (Å²) < 4.78 is 12.2. The van der Waals surface area contributed by atoms with Gasteiger partial charge in [0.1, 0.15) is 5.41 Å². The SMILES string of the molecule is COC(=O)[C@]12C[C@H](CC(=O)NCc3cccc4ccccc34)C(=O)N(CCC3=CCCCC3)C1=C[C@H](C(C)C)O[C@@H]2C1CC1. The van der Waals surface area contributed by atoms with E-state index in [-0.39, 0.29) is 54.7 Å². The van der Waals surface area contributed by atoms with Crippen LogP contribution in [-0.2, 0) is 30.4 Å². The first kappa shape index (κ1) is 30.6. The van der Waals surface area contributed by atoms with Crippen LogP contribution >= 0.6 is 0 Å². The van der Waals surface area contributed by atoms with Crippen LogP contribution in [0.5, 0.6) is 0 Å². The lowest BCUT2D eigenvalue weighted by Gasteiger charge is -2.53. The molecule has 7 heteroatoms. The van der Waals surface area contributed by atoms with Gasteiger partial charge in [-0.3, -0.25) is 14.4 Å². The summed E-state index contributed by atoms with van der Waals surface area (Å²) in [6.07, 6.45) is 11.2. The van der Waals surface area contributed by atoms with Crippen LogP contribution in [-0.4, -0.2) is 48.5 Å². The highest BCUT2D eigenvalue weighted by atomic mass is 16.5. The van der Waals surface area contributed by atoms with E-state index in [0.717, 1.165) is 54.1 Å². The number of piperidine rings is 1. The Bertz CT molecular complexity index is 1470. The van der Waals surface area contributed by atoms with Gasteiger partial charge in [-0.1, -0.05) is 68.0 Å². The van der Waals surface area contributed by atoms with Crippen molar-refractivity contribution in [1.82, 2.24) is 10.2 Å². The number of methoxy groups -OCH3 is 1. The number of hydrogen-bond donors (Lipinski definition) is 1. The minimum atomic E-state index is -1.11. The predicted octanol–water partition coefficient (Wildman–Crippen LogP) is 6.46. The van der Waals surface area contributed by atoms with Crippen molar-refractivity contribution in [2.24, 2.45) is 23.2 Å². The minimum Gasteiger partial charge on any atom is -0.468 e. The number of ether oxygens (including phenoxy) is 2. The molecule has 7 nitrogen and oxygen atoms in total. The van der Waals surface area contributed by atoms with Crippen LogP contribution in [0.1, 0.15) is 77.2 Å². The van der Waals surface area contributed by atoms with E-state index in [4.69, 9.17) is 9.47 Å². The summed E-state index contributed by atoms with van der Waals surface area (Å²) in [5.74, 6) is -0.867. The third kappa shape index (κ3) is 5.95. The number of fused-ring (bicyclic) bond motifs is 2. The quantitative estimate of drug-likeness (QED) is 0.251. The highest BCUT2D eigenvalue weighted by Crippen LogP contribution is 2.56. The number of esters is 1. The molecular weight excluding hydrogens is 552 g/mol. The third-order valence-corrected chi connectivity index (χ3v) is 10.1. The number of hydrogen-bond acceptors (Lipinski definition) is 5. The molecule has 4 atom stereocenters. The van der Waals surface area contributed by atoms with E-state index in [1.807, 2.05) is 35.2 Å². The van der Waals surface area contributed by atoms with Gasteiger partial charge in [-0.05, 0) is 85.6 Å². The van der Waals surface area contributed by atoms with Gasteiger partial charge in [0.2, 0.25) is 11.8 Å². The molecule has 0 radical (unpaired) electrons. The molecule has 44 heavy (non-hydrogen) atoms. The van der Waals surface area contributed by atoms with Crippen molar-refractivity contribution in [3.8, 4) is 0 Å². The Labute approximate surface area is 261 Å². The molecule has 2 aromatic rings. The molecule has 1 saturated carbocycles. The van der Waals surface area contributed by atoms with Crippen LogP contribution in [0.3, 0.4) is 0 Å². The van der Waals surface area contributed by atoms with Crippen molar-refractivity contribution in [3.63, 3.8) is 0 Å². The number of amides is 2. The van der Waals surface area contributed by atoms with Gasteiger partial charge in [-0.2, -0.15) is 0 Å². The summed E-state index contributed by atoms with van der Waals surface area (Å²) in [7, 11) is 1.42. The zero-order chi connectivity index (χ0) is 30.8. The van der Waals surface area contributed by atoms with E-state index in [9.17, 15) is 14.4 Å². The summed E-state index contributed by atoms with van der Waals surface area (Å²) in [5, 5.41) is 5.29. The van der Waals surface area contributed by atoms with Crippen LogP contribution in [0.4, 0.5) is 0 Å². The molecule has 1 saturated heterocycles. The zero-order valence-corrected chi connectivity index (χ0v) is 26.3. The Hall–Kier alpha value is -3.45. The third-order valence-electron chi connectivity index (χ3n) is 10.1. The monoisotopic (exact) mass is 598 g/mol. The fourth-order valence-corrected chi connectivity index (χ4v) is 7.60. The molecule has 2 heterocycles. The molecule has 0 aromatic heterocycles. The fraction of sp³-hybridized carbons (Fsp3) is 0.541. The summed E-state index contributed by atoms with van der Waals surface area (Å²) in [6.45, 7) is 5.09. The van der Waals surface area contributed by atoms with Gasteiger partial charge < -0.3 is 19.7 Å². The van der Waals surface area contributed by atoms with Gasteiger partial charge in [-0.15, -0.1) is 0 Å². The normalized spacial score (nSPS) is 27.0. The van der Waals surface area contributed by atoms with Crippen LogP contribution in [0.2, 0.25) is 0 Å². The number of nitrogens with one attached hydrogen (secondary N) is 1. The molecular formula is C37H46N2O5. The Morgan fingerprint density at radius 3 is 2.64 bits per heavy atom. The van der Waals surface area contributed by atoms with E-state index in [2.05, 4.69) is 43.4 Å². The smallest absolute Gasteiger partial charge is 0.320 e. The molecule has 0 spiro atoms. The van der Waals surface area contributed by atoms with Crippen LogP contribution in [0.15, 0.2) is 65.9 Å². The lowest BCUT2D eigenvalue weighted by atomic mass is 9.64. The summed E-state index contributed by atoms with van der Waals surface area (Å²) in [4.78, 5) is 43.7. The summed E-state index contributed by atoms with van der Waals surface area (Å²) in [6, 6.07) is 14.2. The summed E-state index contributed by atoms with van der Waals surface area (Å²) in [5.41, 5.74) is 2.02. The van der Waals surface area contributed by atoms with Crippen LogP contribution < -0.4 is 5.32 Å². The van der Waals surface area contributed by atoms with Gasteiger partial charge in [-0.25, -0.2) is 0 Å². The minimum absolute atomic E-state index is 0.0137. The topological polar surface area (TPSA) is 84.9 Å². The molecule has 2 aliphatic heterocycles. The lowest BCUT2D eigenvalue weighted by Crippen LogP contribution is -2.62. The van der Waals surface area contributed by atoms with Gasteiger partial charge in [0.25, 0.3) is 0 Å². The highest BCUT2D eigenvalue weighted by molar-refractivity contribution is 5.93. The maximum absolute atomic E-state index is 14.4. The largest absolute Gasteiger partial charge is 0.468 e. The van der Waals surface area contributed by atoms with Gasteiger partial charge in [0, 0.05) is 31.1 Å². The number of carbonyl (C=O) groups is 3. The number of carbonyl (C=O) groups excluding carboxylic acids is 3. The van der Waals surface area contributed by atoms with Crippen LogP contribution in [0.25, 0.3) is 10.8 Å². The van der Waals surface area contributed by atoms with Gasteiger partial charge in [0.15, 0.2) is 0 Å². The molecule has 2 amide bonds. The van der Waals surface area contributed by atoms with E-state index in [0.29, 0.717) is 13.1 Å². The molecule has 2 aromatic carbocycles. The van der Waals surface area contributed by atoms with Crippen molar-refractivity contribution in [3.05, 3.63) is 71.5 Å². The lowest BCUT2D eigenvalue weighted by molar-refractivity contribution is -0.182. The van der Waals surface area contributed by atoms with E-state index in [1.165, 1.54) is 25.5 Å². The first-order valence-electron chi connectivity index (χ1n) is 16.5. The van der Waals surface area contributed by atoms with E-state index in [1.54, 1.807) is 0 Å². The number of likely N-dealkylation sites (tertiary alicyclic amines) is 1. The van der Waals surface area contributed by atoms with Gasteiger partial charge in [0.05, 0.1) is 19.3 Å². The molecule has 0 bridgehead atoms. The number of nitrogens with zero attached hydrogens (tertiary/aromatic N) is 1. The second kappa shape index (κ2) is 12.9. The summed E-state index contributed by atoms with van der Waals surface area (Å²) >= 11 is 0. The Morgan fingerprint density at radius 1 is 1.11 bits per heavy atom. The Balaban J connectivity index is 1.30. The number of rotatable bonds is 10. The van der Waals surface area contributed by atoms with Crippen molar-refractivity contribution in [2.45, 2.75) is 90.4 Å². The molecule has 2 aliphatic carbocycles. The maximum atomic E-state index is 14.4. The first-order chi connectivity index (χ1) is 21.3. The average Bonchev–Trinajstić information content (AvgIpc) is 3.89. The van der Waals surface area contributed by atoms with Crippen molar-refractivity contribution >= 4 is 28.6 Å². The second-order valence-electron chi connectivity index (χ2n) is 13.5. The average molecular weight is 599 g/mol. The molecule has 234 valence electrons. The molecule has 1 N–H and O–H groups in total. The van der Waals surface area contributed by atoms with Crippen molar-refractivity contribution in [2.75, 3.05) is 13.7 Å². The first-order valence-corrected chi connectivity index (χ1v) is 16.5. The number of allylic oxidation sites excluding steroid dienone is 1. The van der Waals surface area contributed by atoms with E-state index >= 15 is 0 Å². The Morgan fingerprint density at radius 2 is 1.91 bits per heavy atom. The van der Waals surface area contributed by atoms with Crippen molar-refractivity contribution in [1.29, 1.82) is 0 Å². The number of benzene rings is 2. The highest BCUT2D eigenvalue weighted by Gasteiger charge is 2.63. The van der Waals surface area contributed by atoms with E-state index < -0.39 is 11.3 Å².